The Morgan fingerprint density at radius 1 is 1.00 bits per heavy atom. The van der Waals surface area contributed by atoms with Gasteiger partial charge in [0, 0.05) is 12.1 Å². The van der Waals surface area contributed by atoms with Crippen LogP contribution in [0.2, 0.25) is 0 Å². The molecule has 102 valence electrons. The lowest BCUT2D eigenvalue weighted by Gasteiger charge is -2.32. The lowest BCUT2D eigenvalue weighted by molar-refractivity contribution is 0.0946. The predicted octanol–water partition coefficient (Wildman–Crippen LogP) is 3.63. The van der Waals surface area contributed by atoms with Crippen LogP contribution in [0, 0.1) is 0 Å². The zero-order valence-corrected chi connectivity index (χ0v) is 11.8. The van der Waals surface area contributed by atoms with Crippen LogP contribution in [0.15, 0.2) is 0 Å². The summed E-state index contributed by atoms with van der Waals surface area (Å²) in [4.78, 5) is 0. The monoisotopic (exact) mass is 241 g/mol. The minimum absolute atomic E-state index is 0.0687. The number of aliphatic hydroxyl groups excluding tert-OH is 1. The molecule has 0 radical (unpaired) electrons. The fourth-order valence-electron chi connectivity index (χ4n) is 2.92. The third kappa shape index (κ3) is 7.05. The summed E-state index contributed by atoms with van der Waals surface area (Å²) in [6, 6.07) is 1.05. The molecule has 2 heteroatoms. The van der Waals surface area contributed by atoms with E-state index in [4.69, 9.17) is 0 Å². The zero-order valence-electron chi connectivity index (χ0n) is 11.8. The quantitative estimate of drug-likeness (QED) is 0.636. The average molecular weight is 241 g/mol. The summed E-state index contributed by atoms with van der Waals surface area (Å²) in [7, 11) is 0. The van der Waals surface area contributed by atoms with Gasteiger partial charge in [-0.2, -0.15) is 0 Å². The number of unbranched alkanes of at least 4 members (excludes halogenated alkanes) is 6. The normalized spacial score (nSPS) is 29.5. The molecule has 0 aromatic rings. The van der Waals surface area contributed by atoms with Gasteiger partial charge in [0.25, 0.3) is 0 Å². The number of aliphatic hydroxyl groups is 1. The number of piperidine rings is 1. The molecule has 0 aliphatic carbocycles. The second-order valence-corrected chi connectivity index (χ2v) is 5.80. The highest BCUT2D eigenvalue weighted by atomic mass is 16.3. The van der Waals surface area contributed by atoms with Crippen LogP contribution in [0.4, 0.5) is 0 Å². The molecule has 0 spiro atoms. The first-order chi connectivity index (χ1) is 8.22. The van der Waals surface area contributed by atoms with Gasteiger partial charge >= 0.3 is 0 Å². The minimum atomic E-state index is -0.0687. The molecule has 3 atom stereocenters. The molecule has 1 saturated heterocycles. The highest BCUT2D eigenvalue weighted by molar-refractivity contribution is 4.82. The van der Waals surface area contributed by atoms with Gasteiger partial charge in [-0.25, -0.2) is 0 Å². The standard InChI is InChI=1S/C15H31NO/c1-3-4-5-6-7-8-9-10-14-12-15(17)11-13(2)16-14/h13-17H,3-12H2,1-2H3/t13-,14+,15+/m1/s1. The molecule has 1 rings (SSSR count). The summed E-state index contributed by atoms with van der Waals surface area (Å²) in [5.41, 5.74) is 0. The van der Waals surface area contributed by atoms with E-state index in [1.807, 2.05) is 0 Å². The first-order valence-electron chi connectivity index (χ1n) is 7.66. The maximum Gasteiger partial charge on any atom is 0.0569 e. The summed E-state index contributed by atoms with van der Waals surface area (Å²) >= 11 is 0. The van der Waals surface area contributed by atoms with E-state index in [0.717, 1.165) is 12.8 Å². The second kappa shape index (κ2) is 8.93. The first-order valence-corrected chi connectivity index (χ1v) is 7.66. The van der Waals surface area contributed by atoms with Gasteiger partial charge in [0.05, 0.1) is 6.10 Å². The lowest BCUT2D eigenvalue weighted by atomic mass is 9.93. The van der Waals surface area contributed by atoms with Gasteiger partial charge < -0.3 is 10.4 Å². The largest absolute Gasteiger partial charge is 0.393 e. The van der Waals surface area contributed by atoms with E-state index in [9.17, 15) is 5.11 Å². The Bertz CT molecular complexity index is 174. The van der Waals surface area contributed by atoms with Crippen molar-refractivity contribution in [3.8, 4) is 0 Å². The molecule has 1 heterocycles. The Hall–Kier alpha value is -0.0800. The molecule has 0 aromatic heterocycles. The van der Waals surface area contributed by atoms with Crippen LogP contribution >= 0.6 is 0 Å². The zero-order chi connectivity index (χ0) is 12.5. The summed E-state index contributed by atoms with van der Waals surface area (Å²) in [6.07, 6.45) is 12.7. The molecule has 0 bridgehead atoms. The van der Waals surface area contributed by atoms with E-state index in [1.54, 1.807) is 0 Å². The minimum Gasteiger partial charge on any atom is -0.393 e. The lowest BCUT2D eigenvalue weighted by Crippen LogP contribution is -2.45. The molecule has 0 aromatic carbocycles. The van der Waals surface area contributed by atoms with E-state index < -0.39 is 0 Å². The topological polar surface area (TPSA) is 32.3 Å². The molecular formula is C15H31NO. The fraction of sp³-hybridized carbons (Fsp3) is 1.00. The Morgan fingerprint density at radius 2 is 1.65 bits per heavy atom. The molecule has 1 fully saturated rings. The van der Waals surface area contributed by atoms with Gasteiger partial charge in [0.15, 0.2) is 0 Å². The van der Waals surface area contributed by atoms with Crippen molar-refractivity contribution < 1.29 is 5.11 Å². The Morgan fingerprint density at radius 3 is 2.29 bits per heavy atom. The average Bonchev–Trinajstić information content (AvgIpc) is 2.26. The van der Waals surface area contributed by atoms with Gasteiger partial charge in [-0.15, -0.1) is 0 Å². The van der Waals surface area contributed by atoms with E-state index >= 15 is 0 Å². The summed E-state index contributed by atoms with van der Waals surface area (Å²) in [5, 5.41) is 13.3. The summed E-state index contributed by atoms with van der Waals surface area (Å²) < 4.78 is 0. The number of hydrogen-bond acceptors (Lipinski definition) is 2. The second-order valence-electron chi connectivity index (χ2n) is 5.80. The fourth-order valence-corrected chi connectivity index (χ4v) is 2.92. The van der Waals surface area contributed by atoms with Crippen molar-refractivity contribution in [3.05, 3.63) is 0 Å². The van der Waals surface area contributed by atoms with Crippen LogP contribution in [0.25, 0.3) is 0 Å². The number of rotatable bonds is 8. The molecule has 0 saturated carbocycles. The molecule has 0 unspecified atom stereocenters. The highest BCUT2D eigenvalue weighted by Gasteiger charge is 2.23. The van der Waals surface area contributed by atoms with Crippen LogP contribution in [0.3, 0.4) is 0 Å². The van der Waals surface area contributed by atoms with Gasteiger partial charge in [-0.3, -0.25) is 0 Å². The van der Waals surface area contributed by atoms with E-state index in [0.29, 0.717) is 12.1 Å². The van der Waals surface area contributed by atoms with Gasteiger partial charge in [0.1, 0.15) is 0 Å². The summed E-state index contributed by atoms with van der Waals surface area (Å²) in [6.45, 7) is 4.45. The maximum absolute atomic E-state index is 9.71. The number of nitrogens with one attached hydrogen (secondary N) is 1. The van der Waals surface area contributed by atoms with Crippen molar-refractivity contribution in [2.45, 2.75) is 96.2 Å². The number of hydrogen-bond donors (Lipinski definition) is 2. The summed E-state index contributed by atoms with van der Waals surface area (Å²) in [5.74, 6) is 0. The van der Waals surface area contributed by atoms with Gasteiger partial charge in [-0.05, 0) is 26.2 Å². The van der Waals surface area contributed by atoms with E-state index in [1.165, 1.54) is 51.4 Å². The van der Waals surface area contributed by atoms with Crippen molar-refractivity contribution in [3.63, 3.8) is 0 Å². The van der Waals surface area contributed by atoms with Crippen molar-refractivity contribution in [1.82, 2.24) is 5.32 Å². The van der Waals surface area contributed by atoms with Gasteiger partial charge in [-0.1, -0.05) is 51.9 Å². The third-order valence-electron chi connectivity index (χ3n) is 3.86. The highest BCUT2D eigenvalue weighted by Crippen LogP contribution is 2.18. The Labute approximate surface area is 107 Å². The molecule has 0 amide bonds. The molecule has 17 heavy (non-hydrogen) atoms. The smallest absolute Gasteiger partial charge is 0.0569 e. The van der Waals surface area contributed by atoms with Crippen LogP contribution in [-0.2, 0) is 0 Å². The van der Waals surface area contributed by atoms with Crippen LogP contribution in [0.5, 0.6) is 0 Å². The molecular weight excluding hydrogens is 210 g/mol. The Balaban J connectivity index is 1.95. The maximum atomic E-state index is 9.71. The SMILES string of the molecule is CCCCCCCCC[C@H]1C[C@@H](O)C[C@@H](C)N1. The van der Waals surface area contributed by atoms with Crippen LogP contribution < -0.4 is 5.32 Å². The van der Waals surface area contributed by atoms with Crippen molar-refractivity contribution in [1.29, 1.82) is 0 Å². The van der Waals surface area contributed by atoms with Crippen LogP contribution in [0.1, 0.15) is 78.1 Å². The van der Waals surface area contributed by atoms with E-state index in [-0.39, 0.29) is 6.10 Å². The van der Waals surface area contributed by atoms with Gasteiger partial charge in [0.2, 0.25) is 0 Å². The molecule has 1 aliphatic heterocycles. The third-order valence-corrected chi connectivity index (χ3v) is 3.86. The van der Waals surface area contributed by atoms with Crippen molar-refractivity contribution in [2.24, 2.45) is 0 Å². The molecule has 2 N–H and O–H groups in total. The Kier molecular flexibility index (Phi) is 7.87. The van der Waals surface area contributed by atoms with Crippen molar-refractivity contribution >= 4 is 0 Å². The molecule has 2 nitrogen and oxygen atoms in total. The van der Waals surface area contributed by atoms with Crippen molar-refractivity contribution in [2.75, 3.05) is 0 Å². The van der Waals surface area contributed by atoms with E-state index in [2.05, 4.69) is 19.2 Å². The van der Waals surface area contributed by atoms with Crippen LogP contribution in [-0.4, -0.2) is 23.3 Å². The predicted molar refractivity (Wildman–Crippen MR) is 74.2 cm³/mol. The first kappa shape index (κ1) is 15.0. The molecule has 1 aliphatic rings.